The monoisotopic (exact) mass is 755 g/mol. The number of anilines is 3. The molecule has 0 aliphatic heterocycles. The van der Waals surface area contributed by atoms with Gasteiger partial charge < -0.3 is 4.90 Å². The van der Waals surface area contributed by atoms with Crippen LogP contribution in [0.1, 0.15) is 0 Å². The van der Waals surface area contributed by atoms with Gasteiger partial charge in [-0.3, -0.25) is 0 Å². The zero-order chi connectivity index (χ0) is 38.4. The van der Waals surface area contributed by atoms with Crippen molar-refractivity contribution in [1.29, 1.82) is 0 Å². The number of para-hydroxylation sites is 1. The van der Waals surface area contributed by atoms with Crippen LogP contribution in [0.15, 0.2) is 224 Å². The standard InChI is InChI=1S/C56H37NS/c1-2-16-38(17-3-1)43-19-6-7-21-45(43)47-23-9-10-24-48(47)50-26-12-14-28-54(50)57(42-34-35-56-53(37-42)51-27-13-15-29-55(51)58-56)41-32-30-39(31-33-41)52-36-40-18-4-5-20-44(40)46-22-8-11-25-49(46)52/h1-37H. The number of benzene rings is 10. The fourth-order valence-corrected chi connectivity index (χ4v) is 9.89. The fraction of sp³-hybridized carbons (Fsp3) is 0. The Balaban J connectivity index is 1.11. The van der Waals surface area contributed by atoms with Gasteiger partial charge in [0.25, 0.3) is 0 Å². The zero-order valence-electron chi connectivity index (χ0n) is 31.7. The average Bonchev–Trinajstić information content (AvgIpc) is 3.68. The maximum atomic E-state index is 2.45. The van der Waals surface area contributed by atoms with Gasteiger partial charge in [-0.05, 0) is 109 Å². The summed E-state index contributed by atoms with van der Waals surface area (Å²) in [5.41, 5.74) is 13.0. The molecule has 58 heavy (non-hydrogen) atoms. The molecule has 2 heteroatoms. The Morgan fingerprint density at radius 3 is 1.57 bits per heavy atom. The largest absolute Gasteiger partial charge is 0.310 e. The first-order valence-electron chi connectivity index (χ1n) is 19.8. The molecule has 1 nitrogen and oxygen atoms in total. The van der Waals surface area contributed by atoms with E-state index in [0.717, 1.165) is 17.1 Å². The molecule has 0 saturated heterocycles. The van der Waals surface area contributed by atoms with Crippen LogP contribution in [0.2, 0.25) is 0 Å². The second kappa shape index (κ2) is 14.4. The lowest BCUT2D eigenvalue weighted by molar-refractivity contribution is 1.29. The molecule has 0 radical (unpaired) electrons. The zero-order valence-corrected chi connectivity index (χ0v) is 32.5. The van der Waals surface area contributed by atoms with Crippen molar-refractivity contribution in [3.8, 4) is 44.5 Å². The van der Waals surface area contributed by atoms with Gasteiger partial charge in [-0.25, -0.2) is 0 Å². The fourth-order valence-electron chi connectivity index (χ4n) is 8.80. The molecule has 1 aromatic heterocycles. The number of hydrogen-bond acceptors (Lipinski definition) is 2. The molecule has 0 aliphatic carbocycles. The quantitative estimate of drug-likeness (QED) is 0.146. The van der Waals surface area contributed by atoms with Gasteiger partial charge in [0.1, 0.15) is 0 Å². The third-order valence-corrected chi connectivity index (χ3v) is 12.6. The van der Waals surface area contributed by atoms with Crippen LogP contribution in [0.5, 0.6) is 0 Å². The van der Waals surface area contributed by atoms with Crippen molar-refractivity contribution in [1.82, 2.24) is 0 Å². The minimum absolute atomic E-state index is 1.10. The molecule has 1 heterocycles. The molecule has 11 rings (SSSR count). The maximum absolute atomic E-state index is 2.45. The normalized spacial score (nSPS) is 11.4. The van der Waals surface area contributed by atoms with Gasteiger partial charge in [0.05, 0.1) is 5.69 Å². The Bertz CT molecular complexity index is 3290. The summed E-state index contributed by atoms with van der Waals surface area (Å²) in [6, 6.07) is 82.0. The van der Waals surface area contributed by atoms with E-state index >= 15 is 0 Å². The van der Waals surface area contributed by atoms with Gasteiger partial charge in [-0.2, -0.15) is 0 Å². The molecule has 272 valence electrons. The molecule has 0 N–H and O–H groups in total. The van der Waals surface area contributed by atoms with Crippen LogP contribution in [-0.4, -0.2) is 0 Å². The van der Waals surface area contributed by atoms with Crippen molar-refractivity contribution in [3.05, 3.63) is 224 Å². The topological polar surface area (TPSA) is 3.24 Å². The summed E-state index contributed by atoms with van der Waals surface area (Å²) in [5, 5.41) is 7.64. The van der Waals surface area contributed by atoms with Gasteiger partial charge in [-0.1, -0.05) is 176 Å². The number of rotatable bonds is 7. The molecular weight excluding hydrogens is 719 g/mol. The summed E-state index contributed by atoms with van der Waals surface area (Å²) in [7, 11) is 0. The van der Waals surface area contributed by atoms with Crippen molar-refractivity contribution < 1.29 is 0 Å². The first-order chi connectivity index (χ1) is 28.8. The second-order valence-electron chi connectivity index (χ2n) is 14.8. The van der Waals surface area contributed by atoms with Crippen LogP contribution in [0.3, 0.4) is 0 Å². The number of fused-ring (bicyclic) bond motifs is 6. The van der Waals surface area contributed by atoms with E-state index in [-0.39, 0.29) is 0 Å². The Hall–Kier alpha value is -7.26. The molecule has 0 bridgehead atoms. The lowest BCUT2D eigenvalue weighted by Gasteiger charge is -2.29. The summed E-state index contributed by atoms with van der Waals surface area (Å²) in [6.45, 7) is 0. The third kappa shape index (κ3) is 5.86. The molecule has 0 atom stereocenters. The Labute approximate surface area is 342 Å². The minimum Gasteiger partial charge on any atom is -0.310 e. The predicted octanol–water partition coefficient (Wildman–Crippen LogP) is 16.5. The van der Waals surface area contributed by atoms with Crippen LogP contribution in [0.4, 0.5) is 17.1 Å². The first-order valence-corrected chi connectivity index (χ1v) is 20.7. The van der Waals surface area contributed by atoms with Crippen LogP contribution >= 0.6 is 11.3 Å². The Kier molecular flexibility index (Phi) is 8.42. The van der Waals surface area contributed by atoms with E-state index in [4.69, 9.17) is 0 Å². The van der Waals surface area contributed by atoms with Crippen LogP contribution in [0, 0.1) is 0 Å². The van der Waals surface area contributed by atoms with Gasteiger partial charge in [0, 0.05) is 37.1 Å². The molecule has 0 saturated carbocycles. The number of thiophene rings is 1. The highest BCUT2D eigenvalue weighted by molar-refractivity contribution is 7.25. The van der Waals surface area contributed by atoms with Gasteiger partial charge in [-0.15, -0.1) is 11.3 Å². The van der Waals surface area contributed by atoms with E-state index in [1.54, 1.807) is 0 Å². The average molecular weight is 756 g/mol. The van der Waals surface area contributed by atoms with Gasteiger partial charge in [0.15, 0.2) is 0 Å². The summed E-state index contributed by atoms with van der Waals surface area (Å²) in [6.07, 6.45) is 0. The Morgan fingerprint density at radius 2 is 0.793 bits per heavy atom. The lowest BCUT2D eigenvalue weighted by Crippen LogP contribution is -2.11. The van der Waals surface area contributed by atoms with E-state index in [2.05, 4.69) is 229 Å². The van der Waals surface area contributed by atoms with E-state index in [1.807, 2.05) is 11.3 Å². The predicted molar refractivity (Wildman–Crippen MR) is 251 cm³/mol. The van der Waals surface area contributed by atoms with Crippen molar-refractivity contribution in [3.63, 3.8) is 0 Å². The van der Waals surface area contributed by atoms with Crippen molar-refractivity contribution in [2.75, 3.05) is 4.90 Å². The first kappa shape index (κ1) is 34.0. The molecule has 11 aromatic rings. The molecule has 0 amide bonds. The van der Waals surface area contributed by atoms with Crippen molar-refractivity contribution >= 4 is 70.1 Å². The lowest BCUT2D eigenvalue weighted by atomic mass is 9.88. The summed E-state index contributed by atoms with van der Waals surface area (Å²) in [5.74, 6) is 0. The second-order valence-corrected chi connectivity index (χ2v) is 15.9. The molecule has 0 unspecified atom stereocenters. The minimum atomic E-state index is 1.10. The molecular formula is C56H37NS. The summed E-state index contributed by atoms with van der Waals surface area (Å²) in [4.78, 5) is 2.45. The van der Waals surface area contributed by atoms with E-state index < -0.39 is 0 Å². The van der Waals surface area contributed by atoms with Crippen molar-refractivity contribution in [2.24, 2.45) is 0 Å². The molecule has 10 aromatic carbocycles. The van der Waals surface area contributed by atoms with E-state index in [9.17, 15) is 0 Å². The number of hydrogen-bond donors (Lipinski definition) is 0. The maximum Gasteiger partial charge on any atom is 0.0540 e. The van der Waals surface area contributed by atoms with Crippen molar-refractivity contribution in [2.45, 2.75) is 0 Å². The van der Waals surface area contributed by atoms with E-state index in [1.165, 1.54) is 86.2 Å². The highest BCUT2D eigenvalue weighted by Crippen LogP contribution is 2.47. The van der Waals surface area contributed by atoms with Gasteiger partial charge >= 0.3 is 0 Å². The van der Waals surface area contributed by atoms with Crippen LogP contribution < -0.4 is 4.90 Å². The molecule has 0 fully saturated rings. The summed E-state index contributed by atoms with van der Waals surface area (Å²) >= 11 is 1.86. The smallest absolute Gasteiger partial charge is 0.0540 e. The Morgan fingerprint density at radius 1 is 0.276 bits per heavy atom. The highest BCUT2D eigenvalue weighted by Gasteiger charge is 2.21. The molecule has 0 aliphatic rings. The molecule has 0 spiro atoms. The van der Waals surface area contributed by atoms with Crippen LogP contribution in [0.25, 0.3) is 86.2 Å². The van der Waals surface area contributed by atoms with Gasteiger partial charge in [0.2, 0.25) is 0 Å². The SMILES string of the molecule is c1ccc(-c2ccccc2-c2ccccc2-c2ccccc2N(c2ccc(-c3cc4ccccc4c4ccccc34)cc2)c2ccc3sc4ccccc4c3c2)cc1. The summed E-state index contributed by atoms with van der Waals surface area (Å²) < 4.78 is 2.60. The highest BCUT2D eigenvalue weighted by atomic mass is 32.1. The van der Waals surface area contributed by atoms with E-state index in [0.29, 0.717) is 0 Å². The van der Waals surface area contributed by atoms with Crippen LogP contribution in [-0.2, 0) is 0 Å². The third-order valence-electron chi connectivity index (χ3n) is 11.5. The number of nitrogens with zero attached hydrogens (tertiary/aromatic N) is 1.